The van der Waals surface area contributed by atoms with Gasteiger partial charge in [0.15, 0.2) is 5.65 Å². The summed E-state index contributed by atoms with van der Waals surface area (Å²) in [7, 11) is 0. The molecule has 2 aromatic heterocycles. The number of aromatic nitrogens is 4. The minimum Gasteiger partial charge on any atom is -0.445 e. The number of hydrogen-bond acceptors (Lipinski definition) is 6. The molecule has 0 spiro atoms. The van der Waals surface area contributed by atoms with Gasteiger partial charge in [-0.05, 0) is 23.3 Å². The standard InChI is InChI=1S/C28H26N6O2/c35-28(36-20-22-11-5-2-6-12-22)33-17-15-32(16-18-33)27-29-24-14-8-7-13-23(24)26-31-30-25(34(26)27)19-21-9-3-1-4-10-21/h1-14H,15-20H2. The lowest BCUT2D eigenvalue weighted by atomic mass is 10.1. The summed E-state index contributed by atoms with van der Waals surface area (Å²) in [4.78, 5) is 21.6. The molecule has 0 bridgehead atoms. The van der Waals surface area contributed by atoms with E-state index in [-0.39, 0.29) is 12.7 Å². The molecule has 3 aromatic carbocycles. The van der Waals surface area contributed by atoms with Crippen LogP contribution >= 0.6 is 0 Å². The molecule has 1 saturated heterocycles. The topological polar surface area (TPSA) is 75.9 Å². The van der Waals surface area contributed by atoms with Gasteiger partial charge in [0, 0.05) is 38.0 Å². The zero-order chi connectivity index (χ0) is 24.3. The second-order valence-electron chi connectivity index (χ2n) is 8.88. The number of amides is 1. The summed E-state index contributed by atoms with van der Waals surface area (Å²) in [5.41, 5.74) is 3.82. The Morgan fingerprint density at radius 1 is 0.778 bits per heavy atom. The van der Waals surface area contributed by atoms with Gasteiger partial charge in [-0.25, -0.2) is 14.2 Å². The van der Waals surface area contributed by atoms with Crippen molar-refractivity contribution in [2.45, 2.75) is 13.0 Å². The lowest BCUT2D eigenvalue weighted by molar-refractivity contribution is 0.0940. The molecule has 8 nitrogen and oxygen atoms in total. The first kappa shape index (κ1) is 22.0. The Morgan fingerprint density at radius 3 is 2.19 bits per heavy atom. The number of piperazine rings is 1. The molecule has 180 valence electrons. The molecule has 8 heteroatoms. The quantitative estimate of drug-likeness (QED) is 0.374. The number of carbonyl (C=O) groups excluding carboxylic acids is 1. The largest absolute Gasteiger partial charge is 0.445 e. The first-order valence-corrected chi connectivity index (χ1v) is 12.1. The Bertz CT molecular complexity index is 1490. The Kier molecular flexibility index (Phi) is 5.91. The van der Waals surface area contributed by atoms with E-state index in [0.29, 0.717) is 32.6 Å². The molecule has 1 fully saturated rings. The highest BCUT2D eigenvalue weighted by Crippen LogP contribution is 2.26. The van der Waals surface area contributed by atoms with E-state index in [2.05, 4.69) is 31.6 Å². The van der Waals surface area contributed by atoms with Crippen molar-refractivity contribution in [2.75, 3.05) is 31.1 Å². The molecule has 1 amide bonds. The van der Waals surface area contributed by atoms with E-state index >= 15 is 0 Å². The molecule has 0 aliphatic carbocycles. The number of para-hydroxylation sites is 1. The van der Waals surface area contributed by atoms with E-state index in [1.54, 1.807) is 4.90 Å². The molecule has 0 saturated carbocycles. The molecular formula is C28H26N6O2. The van der Waals surface area contributed by atoms with Crippen LogP contribution in [0.25, 0.3) is 16.6 Å². The normalized spacial score (nSPS) is 13.9. The van der Waals surface area contributed by atoms with Crippen LogP contribution in [0.4, 0.5) is 10.7 Å². The summed E-state index contributed by atoms with van der Waals surface area (Å²) in [6.07, 6.45) is 0.366. The predicted octanol–water partition coefficient (Wildman–Crippen LogP) is 4.33. The third kappa shape index (κ3) is 4.33. The van der Waals surface area contributed by atoms with Crippen LogP contribution in [0.5, 0.6) is 0 Å². The second kappa shape index (κ2) is 9.65. The highest BCUT2D eigenvalue weighted by Gasteiger charge is 2.26. The van der Waals surface area contributed by atoms with Gasteiger partial charge in [0.05, 0.1) is 5.52 Å². The van der Waals surface area contributed by atoms with Crippen molar-refractivity contribution in [3.8, 4) is 0 Å². The zero-order valence-electron chi connectivity index (χ0n) is 19.8. The van der Waals surface area contributed by atoms with Crippen LogP contribution in [0.1, 0.15) is 17.0 Å². The van der Waals surface area contributed by atoms with Crippen LogP contribution < -0.4 is 4.90 Å². The van der Waals surface area contributed by atoms with E-state index in [1.807, 2.05) is 72.8 Å². The van der Waals surface area contributed by atoms with Gasteiger partial charge in [0.2, 0.25) is 5.95 Å². The van der Waals surface area contributed by atoms with Gasteiger partial charge in [-0.3, -0.25) is 0 Å². The van der Waals surface area contributed by atoms with Crippen molar-refractivity contribution in [2.24, 2.45) is 0 Å². The van der Waals surface area contributed by atoms with Crippen molar-refractivity contribution in [1.82, 2.24) is 24.5 Å². The van der Waals surface area contributed by atoms with Crippen LogP contribution in [0, 0.1) is 0 Å². The highest BCUT2D eigenvalue weighted by atomic mass is 16.6. The average molecular weight is 479 g/mol. The smallest absolute Gasteiger partial charge is 0.410 e. The van der Waals surface area contributed by atoms with Crippen molar-refractivity contribution >= 4 is 28.6 Å². The molecule has 6 rings (SSSR count). The summed E-state index contributed by atoms with van der Waals surface area (Å²) in [5.74, 6) is 1.64. The third-order valence-corrected chi connectivity index (χ3v) is 6.53. The third-order valence-electron chi connectivity index (χ3n) is 6.53. The van der Waals surface area contributed by atoms with Crippen LogP contribution in [0.3, 0.4) is 0 Å². The molecule has 1 aliphatic heterocycles. The lowest BCUT2D eigenvalue weighted by Gasteiger charge is -2.35. The summed E-state index contributed by atoms with van der Waals surface area (Å²) < 4.78 is 7.61. The van der Waals surface area contributed by atoms with Gasteiger partial charge < -0.3 is 14.5 Å². The van der Waals surface area contributed by atoms with Gasteiger partial charge in [-0.1, -0.05) is 72.8 Å². The fourth-order valence-corrected chi connectivity index (χ4v) is 4.62. The summed E-state index contributed by atoms with van der Waals surface area (Å²) >= 11 is 0. The predicted molar refractivity (Wildman–Crippen MR) is 138 cm³/mol. The van der Waals surface area contributed by atoms with Crippen molar-refractivity contribution < 1.29 is 9.53 Å². The number of benzene rings is 3. The Morgan fingerprint density at radius 2 is 1.44 bits per heavy atom. The Labute approximate surface area is 208 Å². The van der Waals surface area contributed by atoms with Gasteiger partial charge in [0.1, 0.15) is 12.4 Å². The maximum Gasteiger partial charge on any atom is 0.410 e. The van der Waals surface area contributed by atoms with Gasteiger partial charge in [0.25, 0.3) is 0 Å². The number of rotatable bonds is 5. The second-order valence-corrected chi connectivity index (χ2v) is 8.88. The Hall–Kier alpha value is -4.46. The first-order valence-electron chi connectivity index (χ1n) is 12.1. The fraction of sp³-hybridized carbons (Fsp3) is 0.214. The molecule has 0 radical (unpaired) electrons. The Balaban J connectivity index is 1.25. The van der Waals surface area contributed by atoms with Gasteiger partial charge in [-0.2, -0.15) is 0 Å². The minimum atomic E-state index is -0.288. The van der Waals surface area contributed by atoms with E-state index in [4.69, 9.17) is 9.72 Å². The van der Waals surface area contributed by atoms with Crippen molar-refractivity contribution in [3.05, 3.63) is 102 Å². The number of carbonyl (C=O) groups is 1. The SMILES string of the molecule is O=C(OCc1ccccc1)N1CCN(c2nc3ccccc3c3nnc(Cc4ccccc4)n23)CC1. The molecule has 36 heavy (non-hydrogen) atoms. The number of anilines is 1. The maximum atomic E-state index is 12.7. The molecular weight excluding hydrogens is 452 g/mol. The number of fused-ring (bicyclic) bond motifs is 3. The average Bonchev–Trinajstić information content (AvgIpc) is 3.36. The zero-order valence-corrected chi connectivity index (χ0v) is 19.8. The first-order chi connectivity index (χ1) is 17.8. The summed E-state index contributed by atoms with van der Waals surface area (Å²) in [5, 5.41) is 10.1. The highest BCUT2D eigenvalue weighted by molar-refractivity contribution is 5.92. The molecule has 0 atom stereocenters. The summed E-state index contributed by atoms with van der Waals surface area (Å²) in [6.45, 7) is 2.67. The minimum absolute atomic E-state index is 0.274. The van der Waals surface area contributed by atoms with Crippen LogP contribution in [-0.2, 0) is 17.8 Å². The maximum absolute atomic E-state index is 12.7. The number of hydrogen-bond donors (Lipinski definition) is 0. The molecule has 1 aliphatic rings. The number of ether oxygens (including phenoxy) is 1. The van der Waals surface area contributed by atoms with Crippen molar-refractivity contribution in [3.63, 3.8) is 0 Å². The van der Waals surface area contributed by atoms with Crippen LogP contribution in [0.2, 0.25) is 0 Å². The van der Waals surface area contributed by atoms with Crippen LogP contribution in [0.15, 0.2) is 84.9 Å². The van der Waals surface area contributed by atoms with E-state index in [0.717, 1.165) is 39.4 Å². The van der Waals surface area contributed by atoms with Crippen LogP contribution in [-0.4, -0.2) is 56.8 Å². The van der Waals surface area contributed by atoms with E-state index in [9.17, 15) is 4.79 Å². The lowest BCUT2D eigenvalue weighted by Crippen LogP contribution is -2.49. The molecule has 5 aromatic rings. The van der Waals surface area contributed by atoms with E-state index < -0.39 is 0 Å². The van der Waals surface area contributed by atoms with Crippen molar-refractivity contribution in [1.29, 1.82) is 0 Å². The van der Waals surface area contributed by atoms with Gasteiger partial charge in [-0.15, -0.1) is 10.2 Å². The molecule has 3 heterocycles. The van der Waals surface area contributed by atoms with Gasteiger partial charge >= 0.3 is 6.09 Å². The summed E-state index contributed by atoms with van der Waals surface area (Å²) in [6, 6.07) is 28.0. The monoisotopic (exact) mass is 478 g/mol. The molecule has 0 N–H and O–H groups in total. The number of nitrogens with zero attached hydrogens (tertiary/aromatic N) is 6. The van der Waals surface area contributed by atoms with E-state index in [1.165, 1.54) is 0 Å². The fourth-order valence-electron chi connectivity index (χ4n) is 4.62. The molecule has 0 unspecified atom stereocenters.